The van der Waals surface area contributed by atoms with Gasteiger partial charge in [0.05, 0.1) is 6.61 Å². The Hall–Kier alpha value is -1.92. The largest absolute Gasteiger partial charge is 0.479 e. The van der Waals surface area contributed by atoms with Crippen molar-refractivity contribution in [3.8, 4) is 0 Å². The van der Waals surface area contributed by atoms with Gasteiger partial charge < -0.3 is 29.9 Å². The first kappa shape index (κ1) is 36.1. The molecule has 5 unspecified atom stereocenters. The van der Waals surface area contributed by atoms with Gasteiger partial charge in [-0.2, -0.15) is 74.6 Å². The van der Waals surface area contributed by atoms with Gasteiger partial charge in [-0.1, -0.05) is 0 Å². The maximum absolute atomic E-state index is 13.8. The second-order valence-corrected chi connectivity index (χ2v) is 8.00. The van der Waals surface area contributed by atoms with Crippen molar-refractivity contribution in [2.24, 2.45) is 0 Å². The van der Waals surface area contributed by atoms with E-state index >= 15 is 0 Å². The Kier molecular flexibility index (Phi) is 9.40. The van der Waals surface area contributed by atoms with Gasteiger partial charge in [0.25, 0.3) is 0 Å². The molecule has 5 atom stereocenters. The van der Waals surface area contributed by atoms with Crippen LogP contribution >= 0.6 is 0 Å². The number of rotatable bonds is 11. The molecule has 238 valence electrons. The molecule has 0 aromatic rings. The van der Waals surface area contributed by atoms with Gasteiger partial charge in [0.15, 0.2) is 12.4 Å². The number of carbonyl (C=O) groups is 1. The summed E-state index contributed by atoms with van der Waals surface area (Å²) >= 11 is 0. The van der Waals surface area contributed by atoms with Gasteiger partial charge in [-0.25, -0.2) is 4.79 Å². The average Bonchev–Trinajstić information content (AvgIpc) is 2.77. The zero-order chi connectivity index (χ0) is 32.3. The molecule has 1 aliphatic heterocycles. The van der Waals surface area contributed by atoms with E-state index in [1.165, 1.54) is 0 Å². The molecule has 0 bridgehead atoms. The zero-order valence-corrected chi connectivity index (χ0v) is 18.2. The van der Waals surface area contributed by atoms with Crippen LogP contribution in [0.2, 0.25) is 0 Å². The van der Waals surface area contributed by atoms with Crippen LogP contribution in [-0.2, 0) is 14.3 Å². The Morgan fingerprint density at radius 2 is 0.975 bits per heavy atom. The highest BCUT2D eigenvalue weighted by atomic mass is 19.4. The summed E-state index contributed by atoms with van der Waals surface area (Å²) in [5, 5.41) is 37.1. The number of carboxylic acids is 1. The van der Waals surface area contributed by atoms with Crippen molar-refractivity contribution < 1.29 is 109 Å². The molecule has 0 aromatic carbocycles. The topological polar surface area (TPSA) is 116 Å². The maximum Gasteiger partial charge on any atom is 0.460 e. The monoisotopic (exact) mass is 640 g/mol. The molecule has 0 aromatic heterocycles. The van der Waals surface area contributed by atoms with Gasteiger partial charge in [0.1, 0.15) is 18.3 Å². The van der Waals surface area contributed by atoms with Crippen LogP contribution in [-0.4, -0.2) is 111 Å². The smallest absolute Gasteiger partial charge is 0.460 e. The molecule has 1 aliphatic rings. The molecular weight excluding hydrogens is 627 g/mol. The number of hydrogen-bond donors (Lipinski definition) is 4. The van der Waals surface area contributed by atoms with Crippen LogP contribution < -0.4 is 0 Å². The lowest BCUT2D eigenvalue weighted by Crippen LogP contribution is -2.74. The number of alkyl halides is 17. The summed E-state index contributed by atoms with van der Waals surface area (Å²) in [5.41, 5.74) is 0. The molecule has 0 saturated carbocycles. The van der Waals surface area contributed by atoms with Crippen LogP contribution in [0, 0.1) is 0 Å². The number of aliphatic hydroxyl groups is 3. The third-order valence-electron chi connectivity index (χ3n) is 5.30. The number of ether oxygens (including phenoxy) is 2. The van der Waals surface area contributed by atoms with Crippen LogP contribution in [0.25, 0.3) is 0 Å². The molecule has 7 nitrogen and oxygen atoms in total. The molecule has 40 heavy (non-hydrogen) atoms. The fourth-order valence-electron chi connectivity index (χ4n) is 2.85. The number of halogens is 17. The SMILES string of the molecule is O=C(O)C1OC(OCCC(F)(F)C(F)(F)C(F)(F)C(F)(F)C(F)(F)C(F)(F)C(F)(F)C(F)(F)F)C(O)C(O)C1O. The first-order valence-electron chi connectivity index (χ1n) is 9.64. The van der Waals surface area contributed by atoms with E-state index in [4.69, 9.17) is 5.11 Å². The van der Waals surface area contributed by atoms with E-state index in [0.717, 1.165) is 0 Å². The molecule has 0 amide bonds. The van der Waals surface area contributed by atoms with Gasteiger partial charge in [-0.3, -0.25) is 0 Å². The fraction of sp³-hybridized carbons (Fsp3) is 0.938. The van der Waals surface area contributed by atoms with E-state index in [1.807, 2.05) is 0 Å². The summed E-state index contributed by atoms with van der Waals surface area (Å²) in [4.78, 5) is 10.9. The molecule has 1 saturated heterocycles. The lowest BCUT2D eigenvalue weighted by molar-refractivity contribution is -0.462. The number of aliphatic carboxylic acids is 1. The Morgan fingerprint density at radius 3 is 1.35 bits per heavy atom. The second-order valence-electron chi connectivity index (χ2n) is 8.00. The fourth-order valence-corrected chi connectivity index (χ4v) is 2.85. The van der Waals surface area contributed by atoms with E-state index in [2.05, 4.69) is 9.47 Å². The summed E-state index contributed by atoms with van der Waals surface area (Å²) in [5.74, 6) is -59.8. The normalized spacial score (nSPS) is 26.6. The summed E-state index contributed by atoms with van der Waals surface area (Å²) in [6.45, 7) is -2.22. The summed E-state index contributed by atoms with van der Waals surface area (Å²) in [6.07, 6.45) is -23.7. The van der Waals surface area contributed by atoms with Crippen LogP contribution in [0.4, 0.5) is 74.6 Å². The van der Waals surface area contributed by atoms with Gasteiger partial charge in [0.2, 0.25) is 0 Å². The van der Waals surface area contributed by atoms with Gasteiger partial charge >= 0.3 is 53.6 Å². The standard InChI is InChI=1S/C16H13F17O7/c17-9(18,1-2-39-8-5(36)3(34)4(35)6(40-8)7(37)38)10(19,20)11(21,22)12(23,24)13(25,26)14(27,28)15(29,30)16(31,32)33/h3-6,8,34-36H,1-2H2,(H,37,38). The molecule has 1 rings (SSSR count). The molecule has 0 radical (unpaired) electrons. The van der Waals surface area contributed by atoms with Crippen molar-refractivity contribution in [1.82, 2.24) is 0 Å². The van der Waals surface area contributed by atoms with E-state index in [-0.39, 0.29) is 0 Å². The van der Waals surface area contributed by atoms with Crippen LogP contribution in [0.5, 0.6) is 0 Å². The third-order valence-corrected chi connectivity index (χ3v) is 5.30. The third kappa shape index (κ3) is 5.24. The van der Waals surface area contributed by atoms with Crippen LogP contribution in [0.3, 0.4) is 0 Å². The highest BCUT2D eigenvalue weighted by Crippen LogP contribution is 2.64. The molecular formula is C16H13F17O7. The Labute approximate surface area is 208 Å². The number of aliphatic hydroxyl groups excluding tert-OH is 3. The van der Waals surface area contributed by atoms with E-state index in [9.17, 15) is 94.8 Å². The zero-order valence-electron chi connectivity index (χ0n) is 18.2. The van der Waals surface area contributed by atoms with Crippen molar-refractivity contribution in [2.75, 3.05) is 6.61 Å². The quantitative estimate of drug-likeness (QED) is 0.257. The lowest BCUT2D eigenvalue weighted by atomic mass is 9.88. The van der Waals surface area contributed by atoms with Gasteiger partial charge in [-0.05, 0) is 0 Å². The van der Waals surface area contributed by atoms with Crippen molar-refractivity contribution in [3.63, 3.8) is 0 Å². The highest BCUT2D eigenvalue weighted by Gasteiger charge is 2.95. The minimum atomic E-state index is -8.78. The summed E-state index contributed by atoms with van der Waals surface area (Å²) < 4.78 is 233. The lowest BCUT2D eigenvalue weighted by Gasteiger charge is -2.43. The minimum Gasteiger partial charge on any atom is -0.479 e. The summed E-state index contributed by atoms with van der Waals surface area (Å²) in [6, 6.07) is 0. The average molecular weight is 640 g/mol. The predicted octanol–water partition coefficient (Wildman–Crippen LogP) is 3.29. The van der Waals surface area contributed by atoms with Gasteiger partial charge in [0, 0.05) is 6.42 Å². The van der Waals surface area contributed by atoms with Crippen LogP contribution in [0.15, 0.2) is 0 Å². The molecule has 4 N–H and O–H groups in total. The number of carboxylic acid groups (broad SMARTS) is 1. The van der Waals surface area contributed by atoms with E-state index in [0.29, 0.717) is 0 Å². The molecule has 1 heterocycles. The van der Waals surface area contributed by atoms with Crippen molar-refractivity contribution in [2.45, 2.75) is 84.8 Å². The Bertz CT molecular complexity index is 922. The maximum atomic E-state index is 13.8. The van der Waals surface area contributed by atoms with Crippen molar-refractivity contribution in [3.05, 3.63) is 0 Å². The molecule has 1 fully saturated rings. The first-order chi connectivity index (χ1) is 17.4. The summed E-state index contributed by atoms with van der Waals surface area (Å²) in [7, 11) is 0. The molecule has 0 aliphatic carbocycles. The second kappa shape index (κ2) is 10.4. The Balaban J connectivity index is 3.28. The van der Waals surface area contributed by atoms with Crippen LogP contribution in [0.1, 0.15) is 6.42 Å². The minimum absolute atomic E-state index is 2.13. The first-order valence-corrected chi connectivity index (χ1v) is 9.64. The highest BCUT2D eigenvalue weighted by molar-refractivity contribution is 5.73. The Morgan fingerprint density at radius 1 is 0.600 bits per heavy atom. The van der Waals surface area contributed by atoms with Crippen molar-refractivity contribution in [1.29, 1.82) is 0 Å². The molecule has 0 spiro atoms. The number of hydrogen-bond acceptors (Lipinski definition) is 6. The van der Waals surface area contributed by atoms with E-state index < -0.39 is 97.3 Å². The predicted molar refractivity (Wildman–Crippen MR) is 85.6 cm³/mol. The van der Waals surface area contributed by atoms with Gasteiger partial charge in [-0.15, -0.1) is 0 Å². The van der Waals surface area contributed by atoms with Crippen molar-refractivity contribution >= 4 is 5.97 Å². The molecule has 24 heteroatoms. The van der Waals surface area contributed by atoms with E-state index in [1.54, 1.807) is 0 Å².